The van der Waals surface area contributed by atoms with Crippen LogP contribution in [0.5, 0.6) is 5.75 Å². The van der Waals surface area contributed by atoms with E-state index in [1.54, 1.807) is 7.11 Å². The molecule has 0 aromatic heterocycles. The predicted octanol–water partition coefficient (Wildman–Crippen LogP) is 1.34. The molecule has 20 heavy (non-hydrogen) atoms. The van der Waals surface area contributed by atoms with E-state index in [2.05, 4.69) is 0 Å². The molecule has 108 valence electrons. The van der Waals surface area contributed by atoms with Crippen molar-refractivity contribution in [2.45, 2.75) is 17.8 Å². The molecule has 2 fully saturated rings. The molecule has 0 spiro atoms. The zero-order valence-electron chi connectivity index (χ0n) is 11.1. The lowest BCUT2D eigenvalue weighted by atomic mass is 10.1. The molecule has 2 aliphatic rings. The molecule has 1 aromatic carbocycles. The van der Waals surface area contributed by atoms with Crippen molar-refractivity contribution in [3.05, 3.63) is 29.8 Å². The Kier molecular flexibility index (Phi) is 3.41. The largest absolute Gasteiger partial charge is 0.496 e. The molecule has 0 unspecified atom stereocenters. The molecule has 5 nitrogen and oxygen atoms in total. The van der Waals surface area contributed by atoms with Gasteiger partial charge in [-0.3, -0.25) is 5.41 Å². The molecule has 1 aromatic rings. The third-order valence-electron chi connectivity index (χ3n) is 3.73. The average Bonchev–Trinajstić information content (AvgIpc) is 2.83. The van der Waals surface area contributed by atoms with E-state index in [4.69, 9.17) is 10.1 Å². The van der Waals surface area contributed by atoms with Crippen LogP contribution in [0.4, 0.5) is 0 Å². The Bertz CT molecular complexity index is 645. The van der Waals surface area contributed by atoms with Crippen molar-refractivity contribution in [2.75, 3.05) is 18.6 Å². The number of thioether (sulfide) groups is 1. The first-order valence-corrected chi connectivity index (χ1v) is 9.04. The fourth-order valence-electron chi connectivity index (χ4n) is 2.77. The number of amidine groups is 1. The Morgan fingerprint density at radius 3 is 2.90 bits per heavy atom. The van der Waals surface area contributed by atoms with E-state index in [1.807, 2.05) is 29.2 Å². The highest BCUT2D eigenvalue weighted by molar-refractivity contribution is 8.15. The topological polar surface area (TPSA) is 70.5 Å². The van der Waals surface area contributed by atoms with E-state index >= 15 is 0 Å². The maximum Gasteiger partial charge on any atom is 0.157 e. The van der Waals surface area contributed by atoms with Gasteiger partial charge in [0.25, 0.3) is 0 Å². The van der Waals surface area contributed by atoms with Crippen molar-refractivity contribution >= 4 is 26.8 Å². The van der Waals surface area contributed by atoms with Crippen molar-refractivity contribution in [1.29, 1.82) is 5.41 Å². The first-order valence-electron chi connectivity index (χ1n) is 6.34. The molecule has 0 bridgehead atoms. The Morgan fingerprint density at radius 2 is 2.15 bits per heavy atom. The summed E-state index contributed by atoms with van der Waals surface area (Å²) in [5.41, 5.74) is 0.977. The number of benzene rings is 1. The van der Waals surface area contributed by atoms with Crippen LogP contribution in [0, 0.1) is 5.41 Å². The monoisotopic (exact) mass is 312 g/mol. The van der Waals surface area contributed by atoms with Gasteiger partial charge in [-0.15, -0.1) is 0 Å². The molecule has 2 heterocycles. The Morgan fingerprint density at radius 1 is 1.40 bits per heavy atom. The summed E-state index contributed by atoms with van der Waals surface area (Å²) >= 11 is 1.37. The number of nitrogens with zero attached hydrogens (tertiary/aromatic N) is 1. The summed E-state index contributed by atoms with van der Waals surface area (Å²) in [5, 5.41) is 8.52. The predicted molar refractivity (Wildman–Crippen MR) is 80.1 cm³/mol. The highest BCUT2D eigenvalue weighted by atomic mass is 32.2. The van der Waals surface area contributed by atoms with Crippen molar-refractivity contribution in [3.63, 3.8) is 0 Å². The van der Waals surface area contributed by atoms with Crippen LogP contribution >= 0.6 is 11.8 Å². The van der Waals surface area contributed by atoms with Gasteiger partial charge in [0.1, 0.15) is 5.75 Å². The van der Waals surface area contributed by atoms with Crippen LogP contribution in [-0.4, -0.2) is 48.4 Å². The van der Waals surface area contributed by atoms with Gasteiger partial charge in [0.2, 0.25) is 0 Å². The third kappa shape index (κ3) is 2.40. The van der Waals surface area contributed by atoms with Gasteiger partial charge in [-0.1, -0.05) is 30.0 Å². The maximum absolute atomic E-state index is 11.7. The van der Waals surface area contributed by atoms with Crippen LogP contribution in [0.2, 0.25) is 0 Å². The van der Waals surface area contributed by atoms with Gasteiger partial charge >= 0.3 is 0 Å². The van der Waals surface area contributed by atoms with Crippen molar-refractivity contribution in [1.82, 2.24) is 4.90 Å². The molecule has 0 radical (unpaired) electrons. The fraction of sp³-hybridized carbons (Fsp3) is 0.462. The highest BCUT2D eigenvalue weighted by Gasteiger charge is 2.48. The van der Waals surface area contributed by atoms with Gasteiger partial charge in [-0.2, -0.15) is 0 Å². The van der Waals surface area contributed by atoms with Gasteiger partial charge in [0, 0.05) is 17.4 Å². The number of ether oxygens (including phenoxy) is 1. The minimum atomic E-state index is -2.96. The van der Waals surface area contributed by atoms with E-state index in [0.29, 0.717) is 11.7 Å². The van der Waals surface area contributed by atoms with Crippen LogP contribution in [0.3, 0.4) is 0 Å². The van der Waals surface area contributed by atoms with Gasteiger partial charge < -0.3 is 9.64 Å². The molecule has 2 aliphatic heterocycles. The van der Waals surface area contributed by atoms with E-state index in [0.717, 1.165) is 11.3 Å². The Labute approximate surface area is 122 Å². The highest BCUT2D eigenvalue weighted by Crippen LogP contribution is 2.38. The zero-order chi connectivity index (χ0) is 14.3. The van der Waals surface area contributed by atoms with Crippen LogP contribution in [0.25, 0.3) is 0 Å². The summed E-state index contributed by atoms with van der Waals surface area (Å²) in [6.45, 7) is 0.520. The molecule has 0 saturated carbocycles. The normalized spacial score (nSPS) is 27.6. The van der Waals surface area contributed by atoms with Crippen molar-refractivity contribution in [3.8, 4) is 5.75 Å². The number of para-hydroxylation sites is 1. The van der Waals surface area contributed by atoms with E-state index in [9.17, 15) is 8.42 Å². The van der Waals surface area contributed by atoms with Crippen LogP contribution < -0.4 is 4.74 Å². The fourth-order valence-corrected chi connectivity index (χ4v) is 6.60. The average molecular weight is 312 g/mol. The minimum absolute atomic E-state index is 0.00204. The van der Waals surface area contributed by atoms with Gasteiger partial charge in [-0.05, 0) is 6.07 Å². The van der Waals surface area contributed by atoms with Crippen LogP contribution in [-0.2, 0) is 16.4 Å². The van der Waals surface area contributed by atoms with Crippen LogP contribution in [0.1, 0.15) is 5.56 Å². The molecule has 1 N–H and O–H groups in total. The zero-order valence-corrected chi connectivity index (χ0v) is 12.7. The second-order valence-corrected chi connectivity index (χ2v) is 8.43. The SMILES string of the molecule is COc1ccccc1CN1C(=N)S[C@H]2CS(=O)(=O)C[C@H]21. The molecule has 0 amide bonds. The molecule has 7 heteroatoms. The first-order chi connectivity index (χ1) is 9.50. The number of fused-ring (bicyclic) bond motifs is 1. The third-order valence-corrected chi connectivity index (χ3v) is 6.90. The van der Waals surface area contributed by atoms with E-state index < -0.39 is 9.84 Å². The summed E-state index contributed by atoms with van der Waals surface area (Å²) in [5.74, 6) is 1.12. The quantitative estimate of drug-likeness (QED) is 0.912. The summed E-state index contributed by atoms with van der Waals surface area (Å²) in [4.78, 5) is 1.89. The summed E-state index contributed by atoms with van der Waals surface area (Å²) in [6, 6.07) is 7.57. The molecular weight excluding hydrogens is 296 g/mol. The lowest BCUT2D eigenvalue weighted by Crippen LogP contribution is -2.36. The molecular formula is C13H16N2O3S2. The van der Waals surface area contributed by atoms with Crippen molar-refractivity contribution in [2.24, 2.45) is 0 Å². The van der Waals surface area contributed by atoms with E-state index in [1.165, 1.54) is 11.8 Å². The molecule has 2 atom stereocenters. The van der Waals surface area contributed by atoms with Gasteiger partial charge in [-0.25, -0.2) is 8.42 Å². The van der Waals surface area contributed by atoms with Crippen molar-refractivity contribution < 1.29 is 13.2 Å². The second kappa shape index (κ2) is 4.96. The first kappa shape index (κ1) is 13.8. The number of hydrogen-bond donors (Lipinski definition) is 1. The summed E-state index contributed by atoms with van der Waals surface area (Å²) < 4.78 is 28.8. The number of sulfone groups is 1. The molecule has 3 rings (SSSR count). The maximum atomic E-state index is 11.7. The lowest BCUT2D eigenvalue weighted by molar-refractivity contribution is 0.337. The number of methoxy groups -OCH3 is 1. The lowest BCUT2D eigenvalue weighted by Gasteiger charge is -2.24. The van der Waals surface area contributed by atoms with Gasteiger partial charge in [0.15, 0.2) is 15.0 Å². The Balaban J connectivity index is 1.85. The molecule has 2 saturated heterocycles. The summed E-state index contributed by atoms with van der Waals surface area (Å²) in [6.07, 6.45) is 0. The standard InChI is InChI=1S/C13H16N2O3S2/c1-18-11-5-3-2-4-9(11)6-15-10-7-20(16,17)8-12(10)19-13(15)14/h2-5,10,12,14H,6-8H2,1H3/t10-,12+/m1/s1. The summed E-state index contributed by atoms with van der Waals surface area (Å²) in [7, 11) is -1.34. The molecule has 0 aliphatic carbocycles. The van der Waals surface area contributed by atoms with Gasteiger partial charge in [0.05, 0.1) is 24.7 Å². The Hall–Kier alpha value is -1.21. The van der Waals surface area contributed by atoms with E-state index in [-0.39, 0.29) is 22.8 Å². The second-order valence-electron chi connectivity index (χ2n) is 5.05. The number of nitrogens with one attached hydrogen (secondary N) is 1. The smallest absolute Gasteiger partial charge is 0.157 e. The number of rotatable bonds is 3. The minimum Gasteiger partial charge on any atom is -0.496 e. The number of hydrogen-bond acceptors (Lipinski definition) is 5. The van der Waals surface area contributed by atoms with Crippen LogP contribution in [0.15, 0.2) is 24.3 Å².